The minimum atomic E-state index is -0.875. The average Bonchev–Trinajstić information content (AvgIpc) is 2.46. The van der Waals surface area contributed by atoms with Crippen LogP contribution >= 0.6 is 0 Å². The molecule has 1 aromatic rings. The number of hydrogen-bond acceptors (Lipinski definition) is 3. The Morgan fingerprint density at radius 1 is 1.35 bits per heavy atom. The van der Waals surface area contributed by atoms with Crippen molar-refractivity contribution in [2.24, 2.45) is 0 Å². The van der Waals surface area contributed by atoms with Crippen molar-refractivity contribution in [1.82, 2.24) is 5.32 Å². The number of hydrogen-bond donors (Lipinski definition) is 2. The van der Waals surface area contributed by atoms with Gasteiger partial charge in [0.25, 0.3) is 0 Å². The van der Waals surface area contributed by atoms with Gasteiger partial charge in [-0.15, -0.1) is 0 Å². The van der Waals surface area contributed by atoms with Gasteiger partial charge in [0.2, 0.25) is 0 Å². The molecule has 1 aromatic carbocycles. The van der Waals surface area contributed by atoms with Gasteiger partial charge < -0.3 is 15.2 Å². The first-order chi connectivity index (χ1) is 9.60. The molecule has 0 aliphatic rings. The number of aliphatic carboxylic acids is 1. The molecule has 0 bridgehead atoms. The van der Waals surface area contributed by atoms with Gasteiger partial charge in [-0.3, -0.25) is 4.79 Å². The number of rotatable bonds is 9. The number of nitrogens with one attached hydrogen (secondary N) is 1. The summed E-state index contributed by atoms with van der Waals surface area (Å²) in [5.74, 6) is 0.309. The topological polar surface area (TPSA) is 58.6 Å². The van der Waals surface area contributed by atoms with Crippen molar-refractivity contribution in [2.45, 2.75) is 45.6 Å². The van der Waals surface area contributed by atoms with Gasteiger partial charge in [-0.05, 0) is 36.9 Å². The second-order valence-corrected chi connectivity index (χ2v) is 5.00. The van der Waals surface area contributed by atoms with Gasteiger partial charge in [-0.25, -0.2) is 0 Å². The molecule has 2 unspecified atom stereocenters. The molecule has 2 atom stereocenters. The summed E-state index contributed by atoms with van der Waals surface area (Å²) in [6, 6.07) is 7.17. The molecule has 1 rings (SSSR count). The summed E-state index contributed by atoms with van der Waals surface area (Å²) in [5.41, 5.74) is 1.13. The summed E-state index contributed by atoms with van der Waals surface area (Å²) in [4.78, 5) is 11.2. The van der Waals surface area contributed by atoms with Crippen LogP contribution in [0.15, 0.2) is 24.3 Å². The van der Waals surface area contributed by atoms with E-state index in [1.165, 1.54) is 0 Å². The molecule has 20 heavy (non-hydrogen) atoms. The third-order valence-electron chi connectivity index (χ3n) is 3.41. The molecule has 0 saturated carbocycles. The van der Waals surface area contributed by atoms with E-state index in [-0.39, 0.29) is 6.61 Å². The quantitative estimate of drug-likeness (QED) is 0.729. The van der Waals surface area contributed by atoms with Gasteiger partial charge in [-0.2, -0.15) is 0 Å². The molecule has 0 aromatic heterocycles. The Balaban J connectivity index is 2.70. The monoisotopic (exact) mass is 279 g/mol. The molecular formula is C16H25NO3. The van der Waals surface area contributed by atoms with Crippen molar-refractivity contribution in [1.29, 1.82) is 0 Å². The van der Waals surface area contributed by atoms with Gasteiger partial charge in [0.15, 0.2) is 0 Å². The fourth-order valence-corrected chi connectivity index (χ4v) is 1.95. The lowest BCUT2D eigenvalue weighted by atomic mass is 9.98. The predicted molar refractivity (Wildman–Crippen MR) is 80.4 cm³/mol. The highest BCUT2D eigenvalue weighted by molar-refractivity contribution is 5.73. The number of ether oxygens (including phenoxy) is 1. The number of carboxylic acid groups (broad SMARTS) is 1. The van der Waals surface area contributed by atoms with Crippen LogP contribution in [0, 0.1) is 0 Å². The molecule has 0 amide bonds. The van der Waals surface area contributed by atoms with E-state index in [9.17, 15) is 4.79 Å². The molecule has 112 valence electrons. The lowest BCUT2D eigenvalue weighted by Crippen LogP contribution is -2.41. The van der Waals surface area contributed by atoms with Crippen molar-refractivity contribution in [3.05, 3.63) is 29.8 Å². The van der Waals surface area contributed by atoms with Crippen LogP contribution in [0.3, 0.4) is 0 Å². The van der Waals surface area contributed by atoms with Crippen LogP contribution in [0.4, 0.5) is 0 Å². The van der Waals surface area contributed by atoms with E-state index >= 15 is 0 Å². The first kappa shape index (κ1) is 16.5. The zero-order valence-corrected chi connectivity index (χ0v) is 12.6. The Morgan fingerprint density at radius 3 is 2.65 bits per heavy atom. The van der Waals surface area contributed by atoms with Crippen molar-refractivity contribution in [2.75, 3.05) is 13.2 Å². The molecule has 0 saturated heterocycles. The minimum absolute atomic E-state index is 0.142. The highest BCUT2D eigenvalue weighted by atomic mass is 16.5. The third-order valence-corrected chi connectivity index (χ3v) is 3.41. The Morgan fingerprint density at radius 2 is 2.05 bits per heavy atom. The first-order valence-electron chi connectivity index (χ1n) is 7.28. The van der Waals surface area contributed by atoms with Crippen LogP contribution in [-0.2, 0) is 4.79 Å². The van der Waals surface area contributed by atoms with Crippen molar-refractivity contribution >= 4 is 5.97 Å². The standard InChI is InChI=1S/C16H25NO3/c1-4-10-17-14(16(18)19)11-20-15-9-7-6-8-13(15)12(3)5-2/h6-9,12,14,17H,4-5,10-11H2,1-3H3,(H,18,19). The van der Waals surface area contributed by atoms with E-state index in [0.29, 0.717) is 12.5 Å². The normalized spacial score (nSPS) is 13.8. The van der Waals surface area contributed by atoms with E-state index in [4.69, 9.17) is 9.84 Å². The van der Waals surface area contributed by atoms with Crippen LogP contribution in [0.25, 0.3) is 0 Å². The van der Waals surface area contributed by atoms with E-state index in [2.05, 4.69) is 19.2 Å². The van der Waals surface area contributed by atoms with Crippen molar-refractivity contribution in [3.63, 3.8) is 0 Å². The van der Waals surface area contributed by atoms with Crippen LogP contribution in [-0.4, -0.2) is 30.3 Å². The first-order valence-corrected chi connectivity index (χ1v) is 7.28. The van der Waals surface area contributed by atoms with Gasteiger partial charge >= 0.3 is 5.97 Å². The Labute approximate surface area is 121 Å². The highest BCUT2D eigenvalue weighted by Gasteiger charge is 2.18. The minimum Gasteiger partial charge on any atom is -0.491 e. The molecule has 0 aliphatic carbocycles. The zero-order valence-electron chi connectivity index (χ0n) is 12.6. The largest absolute Gasteiger partial charge is 0.491 e. The maximum absolute atomic E-state index is 11.2. The van der Waals surface area contributed by atoms with Crippen LogP contribution in [0.1, 0.15) is 45.1 Å². The van der Waals surface area contributed by atoms with Gasteiger partial charge in [0, 0.05) is 0 Å². The van der Waals surface area contributed by atoms with Crippen molar-refractivity contribution < 1.29 is 14.6 Å². The molecule has 4 heteroatoms. The smallest absolute Gasteiger partial charge is 0.324 e. The highest BCUT2D eigenvalue weighted by Crippen LogP contribution is 2.28. The Bertz CT molecular complexity index is 420. The molecular weight excluding hydrogens is 254 g/mol. The number of carboxylic acids is 1. The van der Waals surface area contributed by atoms with Gasteiger partial charge in [-0.1, -0.05) is 39.0 Å². The molecule has 4 nitrogen and oxygen atoms in total. The number of carbonyl (C=O) groups is 1. The lowest BCUT2D eigenvalue weighted by Gasteiger charge is -2.19. The fourth-order valence-electron chi connectivity index (χ4n) is 1.95. The van der Waals surface area contributed by atoms with Crippen LogP contribution in [0.5, 0.6) is 5.75 Å². The summed E-state index contributed by atoms with van der Waals surface area (Å²) in [6.45, 7) is 7.09. The zero-order chi connectivity index (χ0) is 15.0. The maximum Gasteiger partial charge on any atom is 0.324 e. The van der Waals surface area contributed by atoms with Gasteiger partial charge in [0.1, 0.15) is 18.4 Å². The molecule has 0 fully saturated rings. The molecule has 2 N–H and O–H groups in total. The second-order valence-electron chi connectivity index (χ2n) is 5.00. The molecule has 0 spiro atoms. The van der Waals surface area contributed by atoms with Crippen LogP contribution in [0.2, 0.25) is 0 Å². The number of benzene rings is 1. The number of para-hydroxylation sites is 1. The maximum atomic E-state index is 11.2. The van der Waals surface area contributed by atoms with E-state index in [0.717, 1.165) is 24.2 Å². The summed E-state index contributed by atoms with van der Waals surface area (Å²) in [6.07, 6.45) is 1.92. The SMILES string of the molecule is CCCNC(COc1ccccc1C(C)CC)C(=O)O. The van der Waals surface area contributed by atoms with Gasteiger partial charge in [0.05, 0.1) is 0 Å². The fraction of sp³-hybridized carbons (Fsp3) is 0.562. The van der Waals surface area contributed by atoms with E-state index < -0.39 is 12.0 Å². The Kier molecular flexibility index (Phi) is 7.09. The molecule has 0 heterocycles. The molecule has 0 radical (unpaired) electrons. The lowest BCUT2D eigenvalue weighted by molar-refractivity contribution is -0.140. The van der Waals surface area contributed by atoms with Crippen LogP contribution < -0.4 is 10.1 Å². The predicted octanol–water partition coefficient (Wildman–Crippen LogP) is 3.03. The summed E-state index contributed by atoms with van der Waals surface area (Å²) < 4.78 is 5.74. The summed E-state index contributed by atoms with van der Waals surface area (Å²) >= 11 is 0. The molecule has 0 aliphatic heterocycles. The summed E-state index contributed by atoms with van der Waals surface area (Å²) in [5, 5.41) is 12.1. The second kappa shape index (κ2) is 8.59. The van der Waals surface area contributed by atoms with E-state index in [1.807, 2.05) is 31.2 Å². The average molecular weight is 279 g/mol. The summed E-state index contributed by atoms with van der Waals surface area (Å²) in [7, 11) is 0. The third kappa shape index (κ3) is 4.85. The van der Waals surface area contributed by atoms with Crippen molar-refractivity contribution in [3.8, 4) is 5.75 Å². The Hall–Kier alpha value is -1.55. The van der Waals surface area contributed by atoms with E-state index in [1.54, 1.807) is 0 Å².